The Balaban J connectivity index is 2.39. The van der Waals surface area contributed by atoms with Gasteiger partial charge in [-0.1, -0.05) is 27.6 Å². The van der Waals surface area contributed by atoms with Crippen molar-refractivity contribution >= 4 is 26.8 Å². The first-order valence-electron chi connectivity index (χ1n) is 5.82. The predicted molar refractivity (Wildman–Crippen MR) is 71.6 cm³/mol. The summed E-state index contributed by atoms with van der Waals surface area (Å²) in [5.74, 6) is 0.873. The van der Waals surface area contributed by atoms with E-state index in [1.54, 1.807) is 0 Å². The lowest BCUT2D eigenvalue weighted by Gasteiger charge is -2.22. The lowest BCUT2D eigenvalue weighted by molar-refractivity contribution is 0.498. The number of alkyl halides is 1. The maximum atomic E-state index is 12.4. The molecule has 0 bridgehead atoms. The molecular weight excluding hydrogens is 280 g/mol. The highest BCUT2D eigenvalue weighted by Gasteiger charge is 2.21. The number of halogens is 1. The highest BCUT2D eigenvalue weighted by atomic mass is 79.9. The summed E-state index contributed by atoms with van der Waals surface area (Å²) in [4.78, 5) is 17.2. The van der Waals surface area contributed by atoms with Crippen molar-refractivity contribution in [3.8, 4) is 0 Å². The summed E-state index contributed by atoms with van der Waals surface area (Å²) in [6.07, 6.45) is 2.08. The second-order valence-electron chi connectivity index (χ2n) is 4.56. The summed E-state index contributed by atoms with van der Waals surface area (Å²) >= 11 is 3.60. The summed E-state index contributed by atoms with van der Waals surface area (Å²) in [6.45, 7) is 2.78. The average molecular weight is 293 g/mol. The Morgan fingerprint density at radius 3 is 3.12 bits per heavy atom. The lowest BCUT2D eigenvalue weighted by Crippen LogP contribution is -2.29. The number of hydrogen-bond donors (Lipinski definition) is 0. The van der Waals surface area contributed by atoms with Crippen LogP contribution in [0.3, 0.4) is 0 Å². The second kappa shape index (κ2) is 3.95. The van der Waals surface area contributed by atoms with Gasteiger partial charge < -0.3 is 0 Å². The van der Waals surface area contributed by atoms with Crippen LogP contribution in [0.4, 0.5) is 0 Å². The minimum Gasteiger partial charge on any atom is -0.295 e. The molecule has 1 aromatic heterocycles. The van der Waals surface area contributed by atoms with Crippen LogP contribution in [0.2, 0.25) is 0 Å². The number of rotatable bonds is 0. The van der Waals surface area contributed by atoms with Gasteiger partial charge >= 0.3 is 0 Å². The van der Waals surface area contributed by atoms with E-state index in [4.69, 9.17) is 0 Å². The molecule has 3 nitrogen and oxygen atoms in total. The molecule has 2 aromatic rings. The fourth-order valence-corrected chi connectivity index (χ4v) is 3.04. The van der Waals surface area contributed by atoms with E-state index in [0.717, 1.165) is 41.7 Å². The first-order chi connectivity index (χ1) is 8.16. The van der Waals surface area contributed by atoms with Crippen molar-refractivity contribution < 1.29 is 0 Å². The first kappa shape index (κ1) is 11.0. The number of nitrogens with zero attached hydrogens (tertiary/aromatic N) is 2. The van der Waals surface area contributed by atoms with Gasteiger partial charge in [0.05, 0.1) is 15.7 Å². The highest BCUT2D eigenvalue weighted by Crippen LogP contribution is 2.30. The smallest absolute Gasteiger partial charge is 0.261 e. The van der Waals surface area contributed by atoms with Gasteiger partial charge in [0.25, 0.3) is 5.56 Å². The molecule has 0 N–H and O–H groups in total. The van der Waals surface area contributed by atoms with Crippen molar-refractivity contribution in [1.82, 2.24) is 9.55 Å². The van der Waals surface area contributed by atoms with E-state index in [2.05, 4.69) is 20.9 Å². The van der Waals surface area contributed by atoms with Crippen LogP contribution in [-0.2, 0) is 6.54 Å². The number of aromatic nitrogens is 2. The zero-order valence-corrected chi connectivity index (χ0v) is 11.2. The summed E-state index contributed by atoms with van der Waals surface area (Å²) in [6, 6.07) is 5.86. The minimum atomic E-state index is 0.0952. The summed E-state index contributed by atoms with van der Waals surface area (Å²) < 4.78 is 1.81. The zero-order chi connectivity index (χ0) is 12.0. The van der Waals surface area contributed by atoms with Crippen LogP contribution in [0.15, 0.2) is 23.0 Å². The van der Waals surface area contributed by atoms with Crippen molar-refractivity contribution in [3.05, 3.63) is 39.9 Å². The summed E-state index contributed by atoms with van der Waals surface area (Å²) in [7, 11) is 0. The van der Waals surface area contributed by atoms with Crippen LogP contribution in [0, 0.1) is 6.92 Å². The summed E-state index contributed by atoms with van der Waals surface area (Å²) in [5.41, 5.74) is 2.00. The SMILES string of the molecule is Cc1ccc2nc3n(c(=O)c2c1)CCCC3Br. The van der Waals surface area contributed by atoms with Crippen molar-refractivity contribution in [1.29, 1.82) is 0 Å². The molecule has 3 rings (SSSR count). The van der Waals surface area contributed by atoms with Crippen LogP contribution in [0.25, 0.3) is 10.9 Å². The molecule has 17 heavy (non-hydrogen) atoms. The van der Waals surface area contributed by atoms with Gasteiger partial charge in [0, 0.05) is 6.54 Å². The Hall–Kier alpha value is -1.16. The Bertz CT molecular complexity index is 648. The molecule has 0 saturated heterocycles. The van der Waals surface area contributed by atoms with Gasteiger partial charge in [0.15, 0.2) is 0 Å². The minimum absolute atomic E-state index is 0.0952. The number of fused-ring (bicyclic) bond motifs is 2. The third-order valence-corrected chi connectivity index (χ3v) is 4.13. The van der Waals surface area contributed by atoms with Crippen LogP contribution in [0.1, 0.15) is 29.1 Å². The lowest BCUT2D eigenvalue weighted by atomic mass is 10.1. The van der Waals surface area contributed by atoms with Crippen LogP contribution in [0.5, 0.6) is 0 Å². The van der Waals surface area contributed by atoms with Gasteiger partial charge in [0.2, 0.25) is 0 Å². The summed E-state index contributed by atoms with van der Waals surface area (Å²) in [5, 5.41) is 0.732. The second-order valence-corrected chi connectivity index (χ2v) is 5.66. The molecule has 0 fully saturated rings. The molecule has 1 atom stereocenters. The number of hydrogen-bond acceptors (Lipinski definition) is 2. The zero-order valence-electron chi connectivity index (χ0n) is 9.61. The van der Waals surface area contributed by atoms with Crippen molar-refractivity contribution in [3.63, 3.8) is 0 Å². The van der Waals surface area contributed by atoms with Gasteiger partial charge in [-0.2, -0.15) is 0 Å². The largest absolute Gasteiger partial charge is 0.295 e. The van der Waals surface area contributed by atoms with E-state index in [9.17, 15) is 4.79 Å². The Morgan fingerprint density at radius 1 is 1.47 bits per heavy atom. The maximum Gasteiger partial charge on any atom is 0.261 e. The van der Waals surface area contributed by atoms with Crippen molar-refractivity contribution in [2.24, 2.45) is 0 Å². The molecule has 0 aliphatic carbocycles. The normalized spacial score (nSPS) is 19.3. The van der Waals surface area contributed by atoms with Crippen LogP contribution in [-0.4, -0.2) is 9.55 Å². The maximum absolute atomic E-state index is 12.4. The molecule has 1 aromatic carbocycles. The fraction of sp³-hybridized carbons (Fsp3) is 0.385. The number of benzene rings is 1. The average Bonchev–Trinajstić information content (AvgIpc) is 2.32. The van der Waals surface area contributed by atoms with E-state index in [1.807, 2.05) is 29.7 Å². The van der Waals surface area contributed by atoms with Gasteiger partial charge in [-0.15, -0.1) is 0 Å². The fourth-order valence-electron chi connectivity index (χ4n) is 2.36. The molecule has 1 unspecified atom stereocenters. The standard InChI is InChI=1S/C13H13BrN2O/c1-8-4-5-11-9(7-8)13(17)16-6-2-3-10(14)12(16)15-11/h4-5,7,10H,2-3,6H2,1H3. The molecule has 4 heteroatoms. The molecule has 0 spiro atoms. The molecule has 0 radical (unpaired) electrons. The van der Waals surface area contributed by atoms with Crippen LogP contribution < -0.4 is 5.56 Å². The molecule has 88 valence electrons. The van der Waals surface area contributed by atoms with Crippen LogP contribution >= 0.6 is 15.9 Å². The van der Waals surface area contributed by atoms with E-state index in [-0.39, 0.29) is 10.4 Å². The van der Waals surface area contributed by atoms with Gasteiger partial charge in [0.1, 0.15) is 5.82 Å². The number of aryl methyl sites for hydroxylation is 1. The Morgan fingerprint density at radius 2 is 2.29 bits per heavy atom. The van der Waals surface area contributed by atoms with E-state index in [0.29, 0.717) is 0 Å². The molecule has 1 aliphatic heterocycles. The van der Waals surface area contributed by atoms with Gasteiger partial charge in [-0.05, 0) is 31.9 Å². The molecule has 2 heterocycles. The Labute approximate surface area is 108 Å². The van der Waals surface area contributed by atoms with Crippen molar-refractivity contribution in [2.45, 2.75) is 31.1 Å². The Kier molecular flexibility index (Phi) is 2.54. The molecule has 1 aliphatic rings. The van der Waals surface area contributed by atoms with E-state index in [1.165, 1.54) is 0 Å². The van der Waals surface area contributed by atoms with Gasteiger partial charge in [-0.25, -0.2) is 4.98 Å². The third-order valence-electron chi connectivity index (χ3n) is 3.26. The monoisotopic (exact) mass is 292 g/mol. The predicted octanol–water partition coefficient (Wildman–Crippen LogP) is 2.93. The van der Waals surface area contributed by atoms with Gasteiger partial charge in [-0.3, -0.25) is 9.36 Å². The molecule has 0 saturated carbocycles. The molecular formula is C13H13BrN2O. The van der Waals surface area contributed by atoms with E-state index >= 15 is 0 Å². The quantitative estimate of drug-likeness (QED) is 0.700. The third kappa shape index (κ3) is 1.71. The molecule has 0 amide bonds. The van der Waals surface area contributed by atoms with Crippen molar-refractivity contribution in [2.75, 3.05) is 0 Å². The van der Waals surface area contributed by atoms with E-state index < -0.39 is 0 Å². The highest BCUT2D eigenvalue weighted by molar-refractivity contribution is 9.09. The first-order valence-corrected chi connectivity index (χ1v) is 6.73. The topological polar surface area (TPSA) is 34.9 Å².